The topological polar surface area (TPSA) is 38.3 Å². The Kier molecular flexibility index (Phi) is 2.54. The van der Waals surface area contributed by atoms with E-state index in [2.05, 4.69) is 5.32 Å². The zero-order chi connectivity index (χ0) is 9.26. The minimum Gasteiger partial charge on any atom is -0.465 e. The van der Waals surface area contributed by atoms with E-state index in [0.717, 1.165) is 12.5 Å². The lowest BCUT2D eigenvalue weighted by Crippen LogP contribution is -2.37. The van der Waals surface area contributed by atoms with Crippen LogP contribution in [0.4, 0.5) is 0 Å². The highest BCUT2D eigenvalue weighted by atomic mass is 16.5. The average molecular weight is 183 g/mol. The summed E-state index contributed by atoms with van der Waals surface area (Å²) < 4.78 is 5.03. The second-order valence-electron chi connectivity index (χ2n) is 3.99. The molecular formula is C10H17NO2. The van der Waals surface area contributed by atoms with Gasteiger partial charge in [-0.25, -0.2) is 0 Å². The van der Waals surface area contributed by atoms with Crippen molar-refractivity contribution in [1.29, 1.82) is 0 Å². The van der Waals surface area contributed by atoms with Gasteiger partial charge in [0.1, 0.15) is 6.04 Å². The zero-order valence-corrected chi connectivity index (χ0v) is 8.08. The Labute approximate surface area is 78.8 Å². The maximum absolute atomic E-state index is 11.5. The molecule has 0 aromatic carbocycles. The fourth-order valence-corrected chi connectivity index (χ4v) is 2.68. The molecule has 2 unspecified atom stereocenters. The number of esters is 1. The van der Waals surface area contributed by atoms with Crippen LogP contribution in [0.3, 0.4) is 0 Å². The molecule has 3 nitrogen and oxygen atoms in total. The number of hydrogen-bond acceptors (Lipinski definition) is 3. The predicted octanol–water partition coefficient (Wildman–Crippen LogP) is 0.938. The normalized spacial score (nSPS) is 37.5. The summed E-state index contributed by atoms with van der Waals surface area (Å²) in [6.45, 7) is 3.36. The highest BCUT2D eigenvalue weighted by Gasteiger charge is 2.42. The quantitative estimate of drug-likeness (QED) is 0.647. The van der Waals surface area contributed by atoms with Gasteiger partial charge in [-0.3, -0.25) is 4.79 Å². The molecular weight excluding hydrogens is 166 g/mol. The van der Waals surface area contributed by atoms with E-state index in [9.17, 15) is 4.79 Å². The van der Waals surface area contributed by atoms with Gasteiger partial charge in [-0.1, -0.05) is 6.42 Å². The molecule has 0 aromatic rings. The van der Waals surface area contributed by atoms with Gasteiger partial charge in [0.2, 0.25) is 0 Å². The molecule has 74 valence electrons. The molecule has 0 radical (unpaired) electrons. The number of nitrogens with one attached hydrogen (secondary N) is 1. The summed E-state index contributed by atoms with van der Waals surface area (Å²) in [6, 6.07) is -0.00699. The second-order valence-corrected chi connectivity index (χ2v) is 3.99. The molecule has 2 fully saturated rings. The monoisotopic (exact) mass is 183 g/mol. The van der Waals surface area contributed by atoms with E-state index >= 15 is 0 Å². The zero-order valence-electron chi connectivity index (χ0n) is 8.08. The Morgan fingerprint density at radius 2 is 2.38 bits per heavy atom. The summed E-state index contributed by atoms with van der Waals surface area (Å²) in [7, 11) is 0. The lowest BCUT2D eigenvalue weighted by molar-refractivity contribution is -0.146. The molecule has 13 heavy (non-hydrogen) atoms. The van der Waals surface area contributed by atoms with Crippen molar-refractivity contribution in [2.75, 3.05) is 13.2 Å². The first-order valence-electron chi connectivity index (χ1n) is 5.23. The third-order valence-electron chi connectivity index (χ3n) is 3.29. The van der Waals surface area contributed by atoms with Crippen LogP contribution in [0.2, 0.25) is 0 Å². The van der Waals surface area contributed by atoms with Crippen LogP contribution in [0.1, 0.15) is 26.2 Å². The second kappa shape index (κ2) is 3.66. The molecule has 1 saturated carbocycles. The van der Waals surface area contributed by atoms with Gasteiger partial charge in [-0.2, -0.15) is 0 Å². The van der Waals surface area contributed by atoms with E-state index in [-0.39, 0.29) is 12.0 Å². The van der Waals surface area contributed by atoms with Crippen LogP contribution in [0.25, 0.3) is 0 Å². The van der Waals surface area contributed by atoms with Gasteiger partial charge in [-0.15, -0.1) is 0 Å². The lowest BCUT2D eigenvalue weighted by atomic mass is 9.94. The van der Waals surface area contributed by atoms with Gasteiger partial charge < -0.3 is 10.1 Å². The summed E-state index contributed by atoms with van der Waals surface area (Å²) >= 11 is 0. The van der Waals surface area contributed by atoms with E-state index in [0.29, 0.717) is 12.5 Å². The van der Waals surface area contributed by atoms with E-state index in [4.69, 9.17) is 4.74 Å². The lowest BCUT2D eigenvalue weighted by Gasteiger charge is -2.15. The highest BCUT2D eigenvalue weighted by molar-refractivity contribution is 5.76. The molecule has 0 aromatic heterocycles. The Balaban J connectivity index is 1.96. The van der Waals surface area contributed by atoms with Crippen molar-refractivity contribution in [3.63, 3.8) is 0 Å². The molecule has 3 heteroatoms. The summed E-state index contributed by atoms with van der Waals surface area (Å²) in [4.78, 5) is 11.5. The van der Waals surface area contributed by atoms with E-state index in [1.807, 2.05) is 6.92 Å². The number of ether oxygens (including phenoxy) is 1. The number of fused-ring (bicyclic) bond motifs is 1. The van der Waals surface area contributed by atoms with E-state index in [1.165, 1.54) is 19.3 Å². The van der Waals surface area contributed by atoms with Crippen LogP contribution in [-0.4, -0.2) is 25.2 Å². The number of hydrogen-bond donors (Lipinski definition) is 1. The molecule has 1 saturated heterocycles. The van der Waals surface area contributed by atoms with Gasteiger partial charge in [0.25, 0.3) is 0 Å². The number of carbonyl (C=O) groups is 1. The molecule has 0 spiro atoms. The van der Waals surface area contributed by atoms with Crippen LogP contribution in [0, 0.1) is 11.8 Å². The summed E-state index contributed by atoms with van der Waals surface area (Å²) in [5.74, 6) is 1.24. The first kappa shape index (κ1) is 9.00. The smallest absolute Gasteiger partial charge is 0.323 e. The molecule has 1 heterocycles. The maximum atomic E-state index is 11.5. The third-order valence-corrected chi connectivity index (χ3v) is 3.29. The predicted molar refractivity (Wildman–Crippen MR) is 49.3 cm³/mol. The minimum atomic E-state index is -0.0445. The van der Waals surface area contributed by atoms with Crippen molar-refractivity contribution in [2.24, 2.45) is 11.8 Å². The first-order chi connectivity index (χ1) is 6.33. The fraction of sp³-hybridized carbons (Fsp3) is 0.900. The van der Waals surface area contributed by atoms with Gasteiger partial charge in [0.15, 0.2) is 0 Å². The van der Waals surface area contributed by atoms with E-state index < -0.39 is 0 Å². The van der Waals surface area contributed by atoms with Gasteiger partial charge in [0, 0.05) is 0 Å². The molecule has 3 atom stereocenters. The van der Waals surface area contributed by atoms with Crippen LogP contribution >= 0.6 is 0 Å². The van der Waals surface area contributed by atoms with Crippen molar-refractivity contribution >= 4 is 5.97 Å². The molecule has 0 bridgehead atoms. The molecule has 1 aliphatic heterocycles. The van der Waals surface area contributed by atoms with Gasteiger partial charge >= 0.3 is 5.97 Å². The van der Waals surface area contributed by atoms with Crippen LogP contribution < -0.4 is 5.32 Å². The summed E-state index contributed by atoms with van der Waals surface area (Å²) in [6.07, 6.45) is 3.77. The van der Waals surface area contributed by atoms with Crippen LogP contribution in [-0.2, 0) is 9.53 Å². The molecule has 1 N–H and O–H groups in total. The largest absolute Gasteiger partial charge is 0.465 e. The molecule has 1 aliphatic carbocycles. The van der Waals surface area contributed by atoms with Crippen molar-refractivity contribution < 1.29 is 9.53 Å². The van der Waals surface area contributed by atoms with Crippen molar-refractivity contribution in [1.82, 2.24) is 5.32 Å². The third kappa shape index (κ3) is 1.57. The molecule has 2 rings (SSSR count). The number of carbonyl (C=O) groups excluding carboxylic acids is 1. The Morgan fingerprint density at radius 3 is 3.15 bits per heavy atom. The standard InChI is InChI=1S/C10H17NO2/c1-2-13-10(12)9-8-5-3-4-7(8)6-11-9/h7-9,11H,2-6H2,1H3/t7?,8-,9?/m0/s1. The van der Waals surface area contributed by atoms with Crippen molar-refractivity contribution in [3.05, 3.63) is 0 Å². The van der Waals surface area contributed by atoms with Crippen molar-refractivity contribution in [2.45, 2.75) is 32.2 Å². The Hall–Kier alpha value is -0.570. The Bertz CT molecular complexity index is 205. The van der Waals surface area contributed by atoms with E-state index in [1.54, 1.807) is 0 Å². The fourth-order valence-electron chi connectivity index (χ4n) is 2.68. The SMILES string of the molecule is CCOC(=O)C1NCC2CCC[C@@H]21. The minimum absolute atomic E-state index is 0.00699. The Morgan fingerprint density at radius 1 is 1.54 bits per heavy atom. The summed E-state index contributed by atoms with van der Waals surface area (Å²) in [5, 5.41) is 3.27. The van der Waals surface area contributed by atoms with Crippen LogP contribution in [0.15, 0.2) is 0 Å². The van der Waals surface area contributed by atoms with Crippen molar-refractivity contribution in [3.8, 4) is 0 Å². The molecule has 2 aliphatic rings. The first-order valence-corrected chi connectivity index (χ1v) is 5.23. The highest BCUT2D eigenvalue weighted by Crippen LogP contribution is 2.37. The van der Waals surface area contributed by atoms with Gasteiger partial charge in [-0.05, 0) is 38.1 Å². The van der Waals surface area contributed by atoms with Gasteiger partial charge in [0.05, 0.1) is 6.61 Å². The summed E-state index contributed by atoms with van der Waals surface area (Å²) in [5.41, 5.74) is 0. The number of rotatable bonds is 2. The van der Waals surface area contributed by atoms with Crippen LogP contribution in [0.5, 0.6) is 0 Å². The average Bonchev–Trinajstić information content (AvgIpc) is 2.62. The maximum Gasteiger partial charge on any atom is 0.323 e. The molecule has 0 amide bonds.